The van der Waals surface area contributed by atoms with E-state index in [0.29, 0.717) is 0 Å². The summed E-state index contributed by atoms with van der Waals surface area (Å²) in [6.07, 6.45) is 1.52. The average molecular weight is 277 g/mol. The predicted octanol–water partition coefficient (Wildman–Crippen LogP) is 2.94. The lowest BCUT2D eigenvalue weighted by Gasteiger charge is -2.08. The van der Waals surface area contributed by atoms with E-state index in [1.54, 1.807) is 12.1 Å². The van der Waals surface area contributed by atoms with Crippen LogP contribution in [-0.4, -0.2) is 9.91 Å². The molecule has 0 saturated heterocycles. The molecule has 2 rings (SSSR count). The zero-order valence-electron chi connectivity index (χ0n) is 10.6. The van der Waals surface area contributed by atoms with Gasteiger partial charge in [-0.05, 0) is 24.6 Å². The molecule has 7 heteroatoms. The van der Waals surface area contributed by atoms with E-state index in [-0.39, 0.29) is 17.7 Å². The molecule has 0 aliphatic carbocycles. The fraction of sp³-hybridized carbons (Fsp3) is 0.154. The van der Waals surface area contributed by atoms with Gasteiger partial charge in [0.1, 0.15) is 5.82 Å². The van der Waals surface area contributed by atoms with Crippen molar-refractivity contribution in [1.82, 2.24) is 4.98 Å². The summed E-state index contributed by atoms with van der Waals surface area (Å²) in [5, 5.41) is 10.8. The second kappa shape index (κ2) is 5.62. The molecule has 0 saturated carbocycles. The minimum atomic E-state index is -0.714. The minimum Gasteiger partial charge on any atom is -0.432 e. The smallest absolute Gasteiger partial charge is 0.314 e. The van der Waals surface area contributed by atoms with Gasteiger partial charge in [0.25, 0.3) is 0 Å². The number of nitrogens with two attached hydrogens (primary N) is 1. The Morgan fingerprint density at radius 1 is 1.40 bits per heavy atom. The molecule has 2 N–H and O–H groups in total. The maximum Gasteiger partial charge on any atom is 0.314 e. The number of ether oxygens (including phenoxy) is 1. The normalized spacial score (nSPS) is 11.9. The molecule has 0 amide bonds. The molecule has 1 heterocycles. The van der Waals surface area contributed by atoms with Crippen molar-refractivity contribution in [3.8, 4) is 11.6 Å². The van der Waals surface area contributed by atoms with Crippen LogP contribution in [0.4, 0.5) is 10.1 Å². The van der Waals surface area contributed by atoms with Crippen molar-refractivity contribution in [2.75, 3.05) is 0 Å². The summed E-state index contributed by atoms with van der Waals surface area (Å²) in [6.45, 7) is 1.81. The van der Waals surface area contributed by atoms with Crippen LogP contribution < -0.4 is 10.5 Å². The van der Waals surface area contributed by atoms with Crippen molar-refractivity contribution >= 4 is 5.69 Å². The van der Waals surface area contributed by atoms with Crippen LogP contribution >= 0.6 is 0 Å². The number of aromatic nitrogens is 1. The van der Waals surface area contributed by atoms with Gasteiger partial charge >= 0.3 is 5.69 Å². The molecule has 0 radical (unpaired) electrons. The van der Waals surface area contributed by atoms with Gasteiger partial charge in [-0.3, -0.25) is 10.1 Å². The Morgan fingerprint density at radius 2 is 2.15 bits per heavy atom. The quantitative estimate of drug-likeness (QED) is 0.685. The fourth-order valence-corrected chi connectivity index (χ4v) is 1.55. The minimum absolute atomic E-state index is 0.0718. The summed E-state index contributed by atoms with van der Waals surface area (Å²) in [5.74, 6) is -0.606. The molecule has 0 bridgehead atoms. The van der Waals surface area contributed by atoms with Gasteiger partial charge in [-0.25, -0.2) is 9.37 Å². The van der Waals surface area contributed by atoms with Gasteiger partial charge in [0.05, 0.1) is 11.0 Å². The summed E-state index contributed by atoms with van der Waals surface area (Å²) in [5.41, 5.74) is 6.04. The highest BCUT2D eigenvalue weighted by molar-refractivity contribution is 5.47. The van der Waals surface area contributed by atoms with E-state index in [9.17, 15) is 14.5 Å². The van der Waals surface area contributed by atoms with E-state index < -0.39 is 16.4 Å². The Labute approximate surface area is 114 Å². The molecule has 0 unspecified atom stereocenters. The summed E-state index contributed by atoms with van der Waals surface area (Å²) >= 11 is 0. The SMILES string of the molecule is C[C@@H](N)c1ccc(Oc2ccc(F)cc2[N+](=O)[O-])nc1. The van der Waals surface area contributed by atoms with Crippen molar-refractivity contribution in [3.63, 3.8) is 0 Å². The molecular formula is C13H12FN3O3. The maximum atomic E-state index is 13.0. The summed E-state index contributed by atoms with van der Waals surface area (Å²) in [6, 6.07) is 6.16. The molecule has 1 aromatic heterocycles. The Balaban J connectivity index is 2.28. The molecule has 104 valence electrons. The number of nitrogens with zero attached hydrogens (tertiary/aromatic N) is 2. The first-order valence-corrected chi connectivity index (χ1v) is 5.80. The highest BCUT2D eigenvalue weighted by Gasteiger charge is 2.17. The van der Waals surface area contributed by atoms with Gasteiger partial charge in [0.15, 0.2) is 0 Å². The number of hydrogen-bond donors (Lipinski definition) is 1. The van der Waals surface area contributed by atoms with E-state index in [1.165, 1.54) is 12.3 Å². The number of pyridine rings is 1. The van der Waals surface area contributed by atoms with Crippen LogP contribution in [0, 0.1) is 15.9 Å². The lowest BCUT2D eigenvalue weighted by Crippen LogP contribution is -2.05. The second-order valence-corrected chi connectivity index (χ2v) is 4.19. The molecule has 0 spiro atoms. The van der Waals surface area contributed by atoms with Crippen molar-refractivity contribution in [2.24, 2.45) is 5.73 Å². The fourth-order valence-electron chi connectivity index (χ4n) is 1.55. The van der Waals surface area contributed by atoms with Crippen molar-refractivity contribution < 1.29 is 14.1 Å². The number of nitro benzene ring substituents is 1. The largest absolute Gasteiger partial charge is 0.432 e. The third-order valence-corrected chi connectivity index (χ3v) is 2.62. The van der Waals surface area contributed by atoms with Gasteiger partial charge in [0.2, 0.25) is 11.6 Å². The van der Waals surface area contributed by atoms with E-state index in [0.717, 1.165) is 17.7 Å². The van der Waals surface area contributed by atoms with E-state index in [4.69, 9.17) is 10.5 Å². The first-order valence-electron chi connectivity index (χ1n) is 5.80. The van der Waals surface area contributed by atoms with Crippen molar-refractivity contribution in [3.05, 3.63) is 58.0 Å². The first-order chi connectivity index (χ1) is 9.47. The van der Waals surface area contributed by atoms with Gasteiger partial charge < -0.3 is 10.5 Å². The average Bonchev–Trinajstić information content (AvgIpc) is 2.41. The molecular weight excluding hydrogens is 265 g/mol. The van der Waals surface area contributed by atoms with E-state index >= 15 is 0 Å². The summed E-state index contributed by atoms with van der Waals surface area (Å²) in [7, 11) is 0. The molecule has 1 atom stereocenters. The van der Waals surface area contributed by atoms with Crippen LogP contribution in [0.25, 0.3) is 0 Å². The molecule has 2 aromatic rings. The standard InChI is InChI=1S/C13H12FN3O3/c1-8(15)9-2-5-13(16-7-9)20-12-4-3-10(14)6-11(12)17(18)19/h2-8H,15H2,1H3/t8-/m1/s1. The third kappa shape index (κ3) is 3.07. The van der Waals surface area contributed by atoms with E-state index in [1.807, 2.05) is 6.92 Å². The van der Waals surface area contributed by atoms with Crippen molar-refractivity contribution in [2.45, 2.75) is 13.0 Å². The zero-order chi connectivity index (χ0) is 14.7. The molecule has 0 aliphatic rings. The lowest BCUT2D eigenvalue weighted by atomic mass is 10.2. The highest BCUT2D eigenvalue weighted by atomic mass is 19.1. The van der Waals surface area contributed by atoms with Crippen LogP contribution in [0.1, 0.15) is 18.5 Å². The first kappa shape index (κ1) is 13.9. The maximum absolute atomic E-state index is 13.0. The molecule has 1 aromatic carbocycles. The Kier molecular flexibility index (Phi) is 3.90. The van der Waals surface area contributed by atoms with Gasteiger partial charge in [-0.2, -0.15) is 0 Å². The molecule has 0 aliphatic heterocycles. The van der Waals surface area contributed by atoms with Gasteiger partial charge in [0, 0.05) is 18.3 Å². The van der Waals surface area contributed by atoms with Gasteiger partial charge in [-0.15, -0.1) is 0 Å². The van der Waals surface area contributed by atoms with Crippen LogP contribution in [0.15, 0.2) is 36.5 Å². The van der Waals surface area contributed by atoms with Crippen LogP contribution in [0.2, 0.25) is 0 Å². The zero-order valence-corrected chi connectivity index (χ0v) is 10.6. The monoisotopic (exact) mass is 277 g/mol. The number of benzene rings is 1. The van der Waals surface area contributed by atoms with E-state index in [2.05, 4.69) is 4.98 Å². The van der Waals surface area contributed by atoms with Crippen LogP contribution in [0.3, 0.4) is 0 Å². The molecule has 6 nitrogen and oxygen atoms in total. The number of rotatable bonds is 4. The number of nitro groups is 1. The Bertz CT molecular complexity index is 629. The Morgan fingerprint density at radius 3 is 2.70 bits per heavy atom. The van der Waals surface area contributed by atoms with Crippen LogP contribution in [0.5, 0.6) is 11.6 Å². The molecule has 0 fully saturated rings. The summed E-state index contributed by atoms with van der Waals surface area (Å²) < 4.78 is 18.3. The topological polar surface area (TPSA) is 91.3 Å². The predicted molar refractivity (Wildman–Crippen MR) is 70.0 cm³/mol. The highest BCUT2D eigenvalue weighted by Crippen LogP contribution is 2.31. The van der Waals surface area contributed by atoms with Crippen LogP contribution in [-0.2, 0) is 0 Å². The number of hydrogen-bond acceptors (Lipinski definition) is 5. The lowest BCUT2D eigenvalue weighted by molar-refractivity contribution is -0.385. The van der Waals surface area contributed by atoms with Crippen molar-refractivity contribution in [1.29, 1.82) is 0 Å². The Hall–Kier alpha value is -2.54. The molecule has 20 heavy (non-hydrogen) atoms. The van der Waals surface area contributed by atoms with Gasteiger partial charge in [-0.1, -0.05) is 6.07 Å². The number of halogens is 1. The second-order valence-electron chi connectivity index (χ2n) is 4.19. The summed E-state index contributed by atoms with van der Waals surface area (Å²) in [4.78, 5) is 14.1. The third-order valence-electron chi connectivity index (χ3n) is 2.62.